The van der Waals surface area contributed by atoms with E-state index in [4.69, 9.17) is 0 Å². The van der Waals surface area contributed by atoms with Crippen LogP contribution in [-0.2, 0) is 29.5 Å². The summed E-state index contributed by atoms with van der Waals surface area (Å²) >= 11 is 0. The first-order valence-electron chi connectivity index (χ1n) is 8.43. The predicted octanol–water partition coefficient (Wildman–Crippen LogP) is 1.16. The van der Waals surface area contributed by atoms with Gasteiger partial charge in [-0.1, -0.05) is 0 Å². The van der Waals surface area contributed by atoms with Gasteiger partial charge in [0.2, 0.25) is 10.0 Å². The molecule has 3 rings (SSSR count). The molecule has 132 valence electrons. The lowest BCUT2D eigenvalue weighted by Crippen LogP contribution is -2.40. The van der Waals surface area contributed by atoms with Gasteiger partial charge in [-0.3, -0.25) is 4.68 Å². The minimum Gasteiger partial charge on any atom is -0.318 e. The van der Waals surface area contributed by atoms with Gasteiger partial charge in [0.25, 0.3) is 0 Å². The molecular formula is C15H24N6O2S. The Kier molecular flexibility index (Phi) is 5.00. The molecule has 8 nitrogen and oxygen atoms in total. The zero-order chi connectivity index (χ0) is 17.2. The summed E-state index contributed by atoms with van der Waals surface area (Å²) in [6, 6.07) is 0. The molecule has 0 aromatic carbocycles. The maximum Gasteiger partial charge on any atom is 0.246 e. The average Bonchev–Trinajstić information content (AvgIpc) is 3.24. The number of hydrogen-bond donors (Lipinski definition) is 0. The van der Waals surface area contributed by atoms with Gasteiger partial charge in [0.1, 0.15) is 17.0 Å². The molecule has 2 aromatic heterocycles. The number of hydrogen-bond acceptors (Lipinski definition) is 5. The highest BCUT2D eigenvalue weighted by molar-refractivity contribution is 7.89. The van der Waals surface area contributed by atoms with Crippen LogP contribution in [0, 0.1) is 5.92 Å². The molecule has 0 bridgehead atoms. The topological polar surface area (TPSA) is 85.9 Å². The molecule has 1 aliphatic heterocycles. The monoisotopic (exact) mass is 352 g/mol. The Morgan fingerprint density at radius 2 is 2.12 bits per heavy atom. The van der Waals surface area contributed by atoms with Crippen LogP contribution in [0.5, 0.6) is 0 Å². The highest BCUT2D eigenvalue weighted by Crippen LogP contribution is 2.25. The van der Waals surface area contributed by atoms with Gasteiger partial charge in [-0.25, -0.2) is 8.42 Å². The normalized spacial score (nSPS) is 19.7. The lowest BCUT2D eigenvalue weighted by atomic mass is 9.96. The fourth-order valence-electron chi connectivity index (χ4n) is 3.17. The van der Waals surface area contributed by atoms with Gasteiger partial charge in [0, 0.05) is 38.8 Å². The second kappa shape index (κ2) is 7.02. The molecule has 24 heavy (non-hydrogen) atoms. The van der Waals surface area contributed by atoms with Crippen LogP contribution < -0.4 is 0 Å². The van der Waals surface area contributed by atoms with Crippen LogP contribution in [0.3, 0.4) is 0 Å². The smallest absolute Gasteiger partial charge is 0.246 e. The summed E-state index contributed by atoms with van der Waals surface area (Å²) < 4.78 is 30.9. The van der Waals surface area contributed by atoms with Crippen molar-refractivity contribution in [2.75, 3.05) is 13.1 Å². The largest absolute Gasteiger partial charge is 0.318 e. The summed E-state index contributed by atoms with van der Waals surface area (Å²) in [5.74, 6) is 1.20. The van der Waals surface area contributed by atoms with Crippen LogP contribution in [0.25, 0.3) is 0 Å². The Bertz CT molecular complexity index is 781. The summed E-state index contributed by atoms with van der Waals surface area (Å²) in [5.41, 5.74) is 0. The maximum absolute atomic E-state index is 12.8. The molecule has 0 aliphatic carbocycles. The predicted molar refractivity (Wildman–Crippen MR) is 88.8 cm³/mol. The van der Waals surface area contributed by atoms with Gasteiger partial charge in [0.15, 0.2) is 0 Å². The number of rotatable bonds is 6. The average molecular weight is 352 g/mol. The third-order valence-corrected chi connectivity index (χ3v) is 6.38. The molecule has 0 amide bonds. The first kappa shape index (κ1) is 17.1. The van der Waals surface area contributed by atoms with E-state index in [-0.39, 0.29) is 10.8 Å². The molecule has 0 spiro atoms. The SMILES string of the molecule is CCn1cc(S(=O)(=O)N2CCCC(Cc3nncn3CC)C2)cn1. The molecule has 1 aliphatic rings. The molecule has 3 heterocycles. The third-order valence-electron chi connectivity index (χ3n) is 4.56. The molecule has 1 unspecified atom stereocenters. The minimum absolute atomic E-state index is 0.268. The van der Waals surface area contributed by atoms with Crippen LogP contribution in [0.1, 0.15) is 32.5 Å². The second-order valence-corrected chi connectivity index (χ2v) is 8.08. The third kappa shape index (κ3) is 3.36. The van der Waals surface area contributed by atoms with Crippen molar-refractivity contribution in [2.45, 2.75) is 51.1 Å². The Morgan fingerprint density at radius 3 is 2.83 bits per heavy atom. The van der Waals surface area contributed by atoms with Crippen molar-refractivity contribution in [2.24, 2.45) is 5.92 Å². The van der Waals surface area contributed by atoms with E-state index < -0.39 is 10.0 Å². The van der Waals surface area contributed by atoms with Gasteiger partial charge in [-0.2, -0.15) is 9.40 Å². The number of aromatic nitrogens is 5. The van der Waals surface area contributed by atoms with Crippen LogP contribution in [0.15, 0.2) is 23.6 Å². The van der Waals surface area contributed by atoms with Crippen molar-refractivity contribution >= 4 is 10.0 Å². The summed E-state index contributed by atoms with van der Waals surface area (Å²) in [6.07, 6.45) is 7.41. The van der Waals surface area contributed by atoms with Crippen LogP contribution in [0.2, 0.25) is 0 Å². The quantitative estimate of drug-likeness (QED) is 0.779. The van der Waals surface area contributed by atoms with Crippen molar-refractivity contribution < 1.29 is 8.42 Å². The van der Waals surface area contributed by atoms with E-state index in [1.54, 1.807) is 21.5 Å². The van der Waals surface area contributed by atoms with Crippen LogP contribution in [0.4, 0.5) is 0 Å². The number of piperidine rings is 1. The summed E-state index contributed by atoms with van der Waals surface area (Å²) in [6.45, 7) is 6.56. The summed E-state index contributed by atoms with van der Waals surface area (Å²) in [5, 5.41) is 12.2. The second-order valence-electron chi connectivity index (χ2n) is 6.14. The Morgan fingerprint density at radius 1 is 1.29 bits per heavy atom. The number of sulfonamides is 1. The van der Waals surface area contributed by atoms with Crippen LogP contribution in [-0.4, -0.2) is 50.4 Å². The Balaban J connectivity index is 1.73. The molecule has 1 fully saturated rings. The van der Waals surface area contributed by atoms with E-state index in [1.165, 1.54) is 6.20 Å². The molecule has 1 atom stereocenters. The Labute approximate surface area is 142 Å². The van der Waals surface area contributed by atoms with E-state index >= 15 is 0 Å². The molecule has 0 saturated carbocycles. The van der Waals surface area contributed by atoms with E-state index in [9.17, 15) is 8.42 Å². The Hall–Kier alpha value is -1.74. The number of nitrogens with zero attached hydrogens (tertiary/aromatic N) is 6. The maximum atomic E-state index is 12.8. The van der Waals surface area contributed by atoms with Crippen molar-refractivity contribution in [1.29, 1.82) is 0 Å². The molecular weight excluding hydrogens is 328 g/mol. The van der Waals surface area contributed by atoms with Crippen molar-refractivity contribution in [1.82, 2.24) is 28.9 Å². The van der Waals surface area contributed by atoms with Crippen molar-refractivity contribution in [3.63, 3.8) is 0 Å². The molecule has 9 heteroatoms. The van der Waals surface area contributed by atoms with Gasteiger partial charge in [-0.05, 0) is 32.6 Å². The lowest BCUT2D eigenvalue weighted by Gasteiger charge is -2.31. The van der Waals surface area contributed by atoms with Gasteiger partial charge in [0.05, 0.1) is 6.20 Å². The number of aryl methyl sites for hydroxylation is 2. The molecule has 1 saturated heterocycles. The highest BCUT2D eigenvalue weighted by atomic mass is 32.2. The van der Waals surface area contributed by atoms with E-state index in [2.05, 4.69) is 22.2 Å². The first-order valence-corrected chi connectivity index (χ1v) is 9.87. The van der Waals surface area contributed by atoms with Crippen molar-refractivity contribution in [3.8, 4) is 0 Å². The van der Waals surface area contributed by atoms with Gasteiger partial charge >= 0.3 is 0 Å². The minimum atomic E-state index is -3.47. The fraction of sp³-hybridized carbons (Fsp3) is 0.667. The molecule has 0 radical (unpaired) electrons. The zero-order valence-electron chi connectivity index (χ0n) is 14.2. The van der Waals surface area contributed by atoms with Crippen molar-refractivity contribution in [3.05, 3.63) is 24.5 Å². The summed E-state index contributed by atoms with van der Waals surface area (Å²) in [7, 11) is -3.47. The molecule has 2 aromatic rings. The van der Waals surface area contributed by atoms with E-state index in [0.29, 0.717) is 19.6 Å². The van der Waals surface area contributed by atoms with Crippen LogP contribution >= 0.6 is 0 Å². The fourth-order valence-corrected chi connectivity index (χ4v) is 4.68. The standard InChI is InChI=1S/C15H24N6O2S/c1-3-19-12-16-18-15(19)8-13-6-5-7-21(10-13)24(22,23)14-9-17-20(4-2)11-14/h9,11-13H,3-8,10H2,1-2H3. The highest BCUT2D eigenvalue weighted by Gasteiger charge is 2.31. The summed E-state index contributed by atoms with van der Waals surface area (Å²) in [4.78, 5) is 0.279. The van der Waals surface area contributed by atoms with E-state index in [0.717, 1.165) is 31.6 Å². The first-order chi connectivity index (χ1) is 11.5. The zero-order valence-corrected chi connectivity index (χ0v) is 15.0. The molecule has 0 N–H and O–H groups in total. The van der Waals surface area contributed by atoms with Gasteiger partial charge < -0.3 is 4.57 Å². The van der Waals surface area contributed by atoms with E-state index in [1.807, 2.05) is 11.5 Å². The lowest BCUT2D eigenvalue weighted by molar-refractivity contribution is 0.261. The van der Waals surface area contributed by atoms with Gasteiger partial charge in [-0.15, -0.1) is 10.2 Å².